The average Bonchev–Trinajstić information content (AvgIpc) is 3.41. The summed E-state index contributed by atoms with van der Waals surface area (Å²) in [5, 5.41) is 8.20. The zero-order valence-corrected chi connectivity index (χ0v) is 20.6. The van der Waals surface area contributed by atoms with Gasteiger partial charge in [-0.2, -0.15) is 5.10 Å². The van der Waals surface area contributed by atoms with Gasteiger partial charge in [0.2, 0.25) is 0 Å². The van der Waals surface area contributed by atoms with Crippen molar-refractivity contribution in [2.24, 2.45) is 4.99 Å². The molecule has 2 aromatic carbocycles. The van der Waals surface area contributed by atoms with Gasteiger partial charge in [0.25, 0.3) is 5.91 Å². The van der Waals surface area contributed by atoms with Crippen LogP contribution in [0.4, 0.5) is 0 Å². The van der Waals surface area contributed by atoms with Crippen molar-refractivity contribution in [3.8, 4) is 17.5 Å². The third-order valence-electron chi connectivity index (χ3n) is 5.12. The number of carbonyl (C=O) groups is 1. The Morgan fingerprint density at radius 3 is 2.68 bits per heavy atom. The Morgan fingerprint density at radius 1 is 1.21 bits per heavy atom. The summed E-state index contributed by atoms with van der Waals surface area (Å²) in [6.45, 7) is 6.69. The molecule has 0 aliphatic heterocycles. The summed E-state index contributed by atoms with van der Waals surface area (Å²) in [5.74, 6) is 7.92. The summed E-state index contributed by atoms with van der Waals surface area (Å²) >= 11 is 1.59. The summed E-state index contributed by atoms with van der Waals surface area (Å²) in [7, 11) is 3.74. The van der Waals surface area contributed by atoms with Crippen molar-refractivity contribution in [3.05, 3.63) is 95.3 Å². The molecule has 0 aliphatic rings. The maximum Gasteiger partial charge on any atom is 0.251 e. The molecular formula is C27H29N5OS. The van der Waals surface area contributed by atoms with Crippen LogP contribution < -0.4 is 5.32 Å². The first-order valence-electron chi connectivity index (χ1n) is 11.0. The first-order valence-corrected chi connectivity index (χ1v) is 12.0. The molecule has 0 bridgehead atoms. The van der Waals surface area contributed by atoms with E-state index in [9.17, 15) is 4.79 Å². The topological polar surface area (TPSA) is 62.5 Å². The fraction of sp³-hybridized carbons (Fsp3) is 0.222. The van der Waals surface area contributed by atoms with Crippen molar-refractivity contribution < 1.29 is 4.79 Å². The van der Waals surface area contributed by atoms with Gasteiger partial charge in [-0.25, -0.2) is 4.68 Å². The van der Waals surface area contributed by atoms with Crippen LogP contribution in [0.5, 0.6) is 0 Å². The van der Waals surface area contributed by atoms with Crippen LogP contribution in [0.15, 0.2) is 83.6 Å². The lowest BCUT2D eigenvalue weighted by atomic mass is 10.1. The Balaban J connectivity index is 1.68. The molecule has 6 nitrogen and oxygen atoms in total. The van der Waals surface area contributed by atoms with E-state index in [0.717, 1.165) is 34.1 Å². The molecule has 3 rings (SSSR count). The van der Waals surface area contributed by atoms with E-state index >= 15 is 0 Å². The van der Waals surface area contributed by atoms with E-state index in [2.05, 4.69) is 40.8 Å². The summed E-state index contributed by atoms with van der Waals surface area (Å²) in [5.41, 5.74) is 3.02. The van der Waals surface area contributed by atoms with Crippen molar-refractivity contribution in [2.75, 3.05) is 26.4 Å². The highest BCUT2D eigenvalue weighted by Gasteiger charge is 2.11. The van der Waals surface area contributed by atoms with Gasteiger partial charge in [-0.05, 0) is 36.4 Å². The van der Waals surface area contributed by atoms with E-state index in [0.29, 0.717) is 17.9 Å². The third kappa shape index (κ3) is 6.63. The number of nitrogens with zero attached hydrogens (tertiary/aromatic N) is 4. The molecule has 0 fully saturated rings. The Labute approximate surface area is 205 Å². The van der Waals surface area contributed by atoms with E-state index in [1.807, 2.05) is 66.7 Å². The number of nitrogens with one attached hydrogen (secondary N) is 1. The molecule has 0 unspecified atom stereocenters. The van der Waals surface area contributed by atoms with Gasteiger partial charge in [-0.15, -0.1) is 11.8 Å². The van der Waals surface area contributed by atoms with E-state index < -0.39 is 0 Å². The molecule has 34 heavy (non-hydrogen) atoms. The third-order valence-corrected chi connectivity index (χ3v) is 6.13. The molecule has 0 atom stereocenters. The molecule has 7 heteroatoms. The molecule has 1 heterocycles. The van der Waals surface area contributed by atoms with Crippen LogP contribution in [-0.2, 0) is 0 Å². The first-order chi connectivity index (χ1) is 16.5. The first kappa shape index (κ1) is 24.9. The summed E-state index contributed by atoms with van der Waals surface area (Å²) in [6.07, 6.45) is 4.41. The second-order valence-electron chi connectivity index (χ2n) is 7.35. The lowest BCUT2D eigenvalue weighted by Crippen LogP contribution is -2.27. The Bertz CT molecular complexity index is 1210. The van der Waals surface area contributed by atoms with Gasteiger partial charge in [0, 0.05) is 56.3 Å². The van der Waals surface area contributed by atoms with Gasteiger partial charge in [-0.3, -0.25) is 9.79 Å². The largest absolute Gasteiger partial charge is 0.351 e. The maximum absolute atomic E-state index is 12.8. The van der Waals surface area contributed by atoms with Gasteiger partial charge < -0.3 is 10.2 Å². The smallest absolute Gasteiger partial charge is 0.251 e. The number of aromatic nitrogens is 2. The van der Waals surface area contributed by atoms with E-state index in [4.69, 9.17) is 0 Å². The second-order valence-corrected chi connectivity index (χ2v) is 8.52. The number of aliphatic imine (C=N–C) groups is 1. The van der Waals surface area contributed by atoms with Crippen LogP contribution in [0.1, 0.15) is 34.8 Å². The molecule has 0 aliphatic carbocycles. The van der Waals surface area contributed by atoms with Crippen molar-refractivity contribution >= 4 is 23.5 Å². The van der Waals surface area contributed by atoms with Crippen LogP contribution in [-0.4, -0.2) is 52.8 Å². The zero-order valence-electron chi connectivity index (χ0n) is 19.8. The SMILES string of the molecule is C=C(SCCNC(=O)c1ccc(-n2cccn2)c(C#Cc2ccccc2)c1)N(C)/C(CC)=N/C. The van der Waals surface area contributed by atoms with Crippen LogP contribution in [0.2, 0.25) is 0 Å². The minimum Gasteiger partial charge on any atom is -0.351 e. The number of hydrogen-bond donors (Lipinski definition) is 1. The molecule has 174 valence electrons. The number of amidine groups is 1. The molecule has 0 saturated heterocycles. The lowest BCUT2D eigenvalue weighted by Gasteiger charge is -2.22. The lowest BCUT2D eigenvalue weighted by molar-refractivity contribution is 0.0956. The summed E-state index contributed by atoms with van der Waals surface area (Å²) in [4.78, 5) is 19.1. The second kappa shape index (κ2) is 12.5. The molecule has 1 amide bonds. The monoisotopic (exact) mass is 471 g/mol. The fourth-order valence-electron chi connectivity index (χ4n) is 3.27. The predicted octanol–water partition coefficient (Wildman–Crippen LogP) is 4.58. The van der Waals surface area contributed by atoms with Crippen LogP contribution in [0.25, 0.3) is 5.69 Å². The molecule has 1 aromatic heterocycles. The fourth-order valence-corrected chi connectivity index (χ4v) is 4.01. The Hall–Kier alpha value is -3.76. The molecule has 0 radical (unpaired) electrons. The van der Waals surface area contributed by atoms with Crippen LogP contribution >= 0.6 is 11.8 Å². The predicted molar refractivity (Wildman–Crippen MR) is 141 cm³/mol. The molecular weight excluding hydrogens is 442 g/mol. The molecule has 0 spiro atoms. The van der Waals surface area contributed by atoms with Crippen molar-refractivity contribution in [1.82, 2.24) is 20.0 Å². The van der Waals surface area contributed by atoms with Crippen LogP contribution in [0.3, 0.4) is 0 Å². The highest BCUT2D eigenvalue weighted by atomic mass is 32.2. The quantitative estimate of drug-likeness (QED) is 0.226. The summed E-state index contributed by atoms with van der Waals surface area (Å²) in [6, 6.07) is 17.1. The normalized spacial score (nSPS) is 10.9. The highest BCUT2D eigenvalue weighted by molar-refractivity contribution is 8.03. The van der Waals surface area contributed by atoms with Crippen molar-refractivity contribution in [3.63, 3.8) is 0 Å². The van der Waals surface area contributed by atoms with Gasteiger partial charge in [0.1, 0.15) is 5.84 Å². The van der Waals surface area contributed by atoms with E-state index in [1.165, 1.54) is 0 Å². The number of thioether (sulfide) groups is 1. The molecule has 0 saturated carbocycles. The minimum absolute atomic E-state index is 0.140. The van der Waals surface area contributed by atoms with Gasteiger partial charge in [-0.1, -0.05) is 43.5 Å². The number of benzene rings is 2. The summed E-state index contributed by atoms with van der Waals surface area (Å²) < 4.78 is 1.75. The number of rotatable bonds is 8. The van der Waals surface area contributed by atoms with E-state index in [-0.39, 0.29) is 5.91 Å². The van der Waals surface area contributed by atoms with E-state index in [1.54, 1.807) is 35.8 Å². The van der Waals surface area contributed by atoms with Crippen LogP contribution in [0, 0.1) is 11.8 Å². The standard InChI is InChI=1S/C27H29N5OS/c1-5-26(28-3)31(4)21(2)34-19-17-29-27(33)24-14-15-25(32-18-9-16-30-32)23(20-24)13-12-22-10-7-6-8-11-22/h6-11,14-16,18,20H,2,5,17,19H2,1,3-4H3,(H,29,33)/b28-26+. The molecule has 1 N–H and O–H groups in total. The average molecular weight is 472 g/mol. The van der Waals surface area contributed by atoms with Gasteiger partial charge >= 0.3 is 0 Å². The minimum atomic E-state index is -0.140. The number of amides is 1. The number of carbonyl (C=O) groups excluding carboxylic acids is 1. The van der Waals surface area contributed by atoms with Gasteiger partial charge in [0.15, 0.2) is 0 Å². The Kier molecular flexibility index (Phi) is 9.12. The Morgan fingerprint density at radius 2 is 2.00 bits per heavy atom. The van der Waals surface area contributed by atoms with Gasteiger partial charge in [0.05, 0.1) is 16.3 Å². The van der Waals surface area contributed by atoms with Crippen molar-refractivity contribution in [1.29, 1.82) is 0 Å². The number of hydrogen-bond acceptors (Lipinski definition) is 4. The highest BCUT2D eigenvalue weighted by Crippen LogP contribution is 2.18. The zero-order chi connectivity index (χ0) is 24.3. The molecule has 3 aromatic rings. The van der Waals surface area contributed by atoms with Crippen molar-refractivity contribution in [2.45, 2.75) is 13.3 Å². The maximum atomic E-state index is 12.8.